The van der Waals surface area contributed by atoms with Crippen molar-refractivity contribution < 1.29 is 4.79 Å². The first-order valence-corrected chi connectivity index (χ1v) is 7.25. The maximum atomic E-state index is 12.1. The summed E-state index contributed by atoms with van der Waals surface area (Å²) in [7, 11) is 3.85. The number of carbonyl (C=O) groups is 1. The van der Waals surface area contributed by atoms with Gasteiger partial charge in [-0.05, 0) is 38.9 Å². The number of amides is 1. The molecule has 0 aliphatic heterocycles. The first kappa shape index (κ1) is 15.1. The van der Waals surface area contributed by atoms with Gasteiger partial charge in [0.2, 0.25) is 0 Å². The lowest BCUT2D eigenvalue weighted by Crippen LogP contribution is -2.41. The number of carbonyl (C=O) groups excluding carboxylic acids is 1. The lowest BCUT2D eigenvalue weighted by Gasteiger charge is -2.24. The minimum atomic E-state index is -0.233. The maximum Gasteiger partial charge on any atom is 0.271 e. The van der Waals surface area contributed by atoms with Crippen LogP contribution in [0.25, 0.3) is 0 Å². The second-order valence-electron chi connectivity index (χ2n) is 5.23. The fraction of sp³-hybridized carbons (Fsp3) is 0.571. The first-order chi connectivity index (χ1) is 9.52. The van der Waals surface area contributed by atoms with Crippen LogP contribution in [0, 0.1) is 0 Å². The predicted octanol–water partition coefficient (Wildman–Crippen LogP) is 1.99. The Hall–Kier alpha value is -1.33. The summed E-state index contributed by atoms with van der Waals surface area (Å²) >= 11 is 6.02. The molecule has 1 aliphatic rings. The van der Waals surface area contributed by atoms with Crippen molar-refractivity contribution in [1.82, 2.24) is 15.2 Å². The van der Waals surface area contributed by atoms with Gasteiger partial charge in [0.1, 0.15) is 11.5 Å². The molecule has 20 heavy (non-hydrogen) atoms. The number of halogens is 1. The molecule has 1 aromatic heterocycles. The first-order valence-electron chi connectivity index (χ1n) is 6.87. The molecular formula is C14H21ClN4O. The number of pyridine rings is 1. The van der Waals surface area contributed by atoms with Gasteiger partial charge in [-0.25, -0.2) is 4.98 Å². The van der Waals surface area contributed by atoms with Crippen molar-refractivity contribution >= 4 is 23.3 Å². The second-order valence-corrected chi connectivity index (χ2v) is 5.64. The fourth-order valence-corrected chi connectivity index (χ4v) is 2.24. The van der Waals surface area contributed by atoms with Gasteiger partial charge in [0.25, 0.3) is 5.91 Å². The van der Waals surface area contributed by atoms with Crippen molar-refractivity contribution in [3.05, 3.63) is 22.8 Å². The van der Waals surface area contributed by atoms with E-state index in [1.54, 1.807) is 19.2 Å². The average Bonchev–Trinajstić information content (AvgIpc) is 3.28. The van der Waals surface area contributed by atoms with E-state index in [2.05, 4.69) is 34.5 Å². The van der Waals surface area contributed by atoms with E-state index in [9.17, 15) is 4.79 Å². The lowest BCUT2D eigenvalue weighted by atomic mass is 10.2. The molecule has 1 unspecified atom stereocenters. The molecule has 2 N–H and O–H groups in total. The van der Waals surface area contributed by atoms with Gasteiger partial charge >= 0.3 is 0 Å². The van der Waals surface area contributed by atoms with E-state index in [0.717, 1.165) is 0 Å². The van der Waals surface area contributed by atoms with E-state index in [1.807, 2.05) is 0 Å². The van der Waals surface area contributed by atoms with Crippen molar-refractivity contribution in [2.75, 3.05) is 26.0 Å². The van der Waals surface area contributed by atoms with E-state index in [4.69, 9.17) is 11.6 Å². The van der Waals surface area contributed by atoms with Gasteiger partial charge in [-0.3, -0.25) is 9.69 Å². The Morgan fingerprint density at radius 3 is 2.85 bits per heavy atom. The highest BCUT2D eigenvalue weighted by Crippen LogP contribution is 2.26. The zero-order valence-electron chi connectivity index (χ0n) is 12.1. The Morgan fingerprint density at radius 1 is 1.55 bits per heavy atom. The summed E-state index contributed by atoms with van der Waals surface area (Å²) in [6, 6.07) is 4.39. The summed E-state index contributed by atoms with van der Waals surface area (Å²) in [4.78, 5) is 18.6. The highest BCUT2D eigenvalue weighted by molar-refractivity contribution is 6.33. The maximum absolute atomic E-state index is 12.1. The van der Waals surface area contributed by atoms with Crippen molar-refractivity contribution in [3.63, 3.8) is 0 Å². The van der Waals surface area contributed by atoms with Crippen LogP contribution in [-0.2, 0) is 0 Å². The molecule has 1 heterocycles. The van der Waals surface area contributed by atoms with Crippen LogP contribution in [0.3, 0.4) is 0 Å². The molecule has 1 amide bonds. The summed E-state index contributed by atoms with van der Waals surface area (Å²) in [6.07, 6.45) is 2.51. The van der Waals surface area contributed by atoms with Crippen LogP contribution in [-0.4, -0.2) is 48.5 Å². The van der Waals surface area contributed by atoms with Gasteiger partial charge in [-0.1, -0.05) is 11.6 Å². The highest BCUT2D eigenvalue weighted by atomic mass is 35.5. The van der Waals surface area contributed by atoms with Crippen LogP contribution >= 0.6 is 11.6 Å². The zero-order valence-corrected chi connectivity index (χ0v) is 12.9. The molecule has 2 rings (SSSR count). The summed E-state index contributed by atoms with van der Waals surface area (Å²) in [5.41, 5.74) is 0.264. The second kappa shape index (κ2) is 6.41. The average molecular weight is 297 g/mol. The molecule has 0 radical (unpaired) electrons. The van der Waals surface area contributed by atoms with Gasteiger partial charge in [0.15, 0.2) is 0 Å². The number of nitrogens with one attached hydrogen (secondary N) is 2. The smallest absolute Gasteiger partial charge is 0.271 e. The minimum Gasteiger partial charge on any atom is -0.373 e. The Morgan fingerprint density at radius 2 is 2.25 bits per heavy atom. The van der Waals surface area contributed by atoms with Crippen molar-refractivity contribution in [2.24, 2.45) is 0 Å². The standard InChI is InChI=1S/C14H21ClN4O/c1-9(19(3)10-4-5-10)8-17-14(20)13-11(15)6-7-12(16-2)18-13/h6-7,9-10H,4-5,8H2,1-3H3,(H,16,18)(H,17,20). The SMILES string of the molecule is CNc1ccc(Cl)c(C(=O)NCC(C)N(C)C2CC2)n1. The van der Waals surface area contributed by atoms with Crippen LogP contribution in [0.15, 0.2) is 12.1 Å². The van der Waals surface area contributed by atoms with Gasteiger partial charge in [-0.2, -0.15) is 0 Å². The highest BCUT2D eigenvalue weighted by Gasteiger charge is 2.29. The molecule has 1 aromatic rings. The number of hydrogen-bond donors (Lipinski definition) is 2. The third kappa shape index (κ3) is 3.61. The summed E-state index contributed by atoms with van der Waals surface area (Å²) in [5, 5.41) is 6.16. The molecule has 0 bridgehead atoms. The molecule has 1 fully saturated rings. The Kier molecular flexibility index (Phi) is 4.83. The van der Waals surface area contributed by atoms with E-state index in [1.165, 1.54) is 12.8 Å². The van der Waals surface area contributed by atoms with E-state index in [0.29, 0.717) is 29.5 Å². The van der Waals surface area contributed by atoms with E-state index < -0.39 is 0 Å². The van der Waals surface area contributed by atoms with Crippen LogP contribution < -0.4 is 10.6 Å². The fourth-order valence-electron chi connectivity index (χ4n) is 2.05. The molecule has 0 spiro atoms. The largest absolute Gasteiger partial charge is 0.373 e. The Labute approximate surface area is 124 Å². The monoisotopic (exact) mass is 296 g/mol. The zero-order chi connectivity index (χ0) is 14.7. The van der Waals surface area contributed by atoms with Gasteiger partial charge < -0.3 is 10.6 Å². The van der Waals surface area contributed by atoms with Gasteiger partial charge in [-0.15, -0.1) is 0 Å². The Bertz CT molecular complexity index is 490. The molecule has 1 saturated carbocycles. The number of rotatable bonds is 6. The summed E-state index contributed by atoms with van der Waals surface area (Å²) in [6.45, 7) is 2.70. The lowest BCUT2D eigenvalue weighted by molar-refractivity contribution is 0.0935. The molecule has 1 aliphatic carbocycles. The number of anilines is 1. The van der Waals surface area contributed by atoms with Crippen molar-refractivity contribution in [3.8, 4) is 0 Å². The van der Waals surface area contributed by atoms with Crippen LogP contribution in [0.4, 0.5) is 5.82 Å². The number of nitrogens with zero attached hydrogens (tertiary/aromatic N) is 2. The molecule has 0 saturated heterocycles. The quantitative estimate of drug-likeness (QED) is 0.843. The van der Waals surface area contributed by atoms with Crippen LogP contribution in [0.1, 0.15) is 30.3 Å². The minimum absolute atomic E-state index is 0.233. The molecule has 6 heteroatoms. The van der Waals surface area contributed by atoms with Gasteiger partial charge in [0.05, 0.1) is 5.02 Å². The van der Waals surface area contributed by atoms with E-state index >= 15 is 0 Å². The van der Waals surface area contributed by atoms with Gasteiger partial charge in [0, 0.05) is 25.7 Å². The molecule has 5 nitrogen and oxygen atoms in total. The third-order valence-corrected chi connectivity index (χ3v) is 4.00. The number of hydrogen-bond acceptors (Lipinski definition) is 4. The topological polar surface area (TPSA) is 57.3 Å². The molecule has 1 atom stereocenters. The normalized spacial score (nSPS) is 16.1. The summed E-state index contributed by atoms with van der Waals surface area (Å²) < 4.78 is 0. The Balaban J connectivity index is 1.94. The molecule has 110 valence electrons. The van der Waals surface area contributed by atoms with E-state index in [-0.39, 0.29) is 11.6 Å². The molecule has 0 aromatic carbocycles. The summed E-state index contributed by atoms with van der Waals surface area (Å²) in [5.74, 6) is 0.394. The number of aromatic nitrogens is 1. The molecular weight excluding hydrogens is 276 g/mol. The third-order valence-electron chi connectivity index (χ3n) is 3.69. The van der Waals surface area contributed by atoms with Crippen LogP contribution in [0.2, 0.25) is 5.02 Å². The number of likely N-dealkylation sites (N-methyl/N-ethyl adjacent to an activating group) is 1. The van der Waals surface area contributed by atoms with Crippen LogP contribution in [0.5, 0.6) is 0 Å². The van der Waals surface area contributed by atoms with Crippen molar-refractivity contribution in [1.29, 1.82) is 0 Å². The predicted molar refractivity (Wildman–Crippen MR) is 81.4 cm³/mol. The van der Waals surface area contributed by atoms with Crippen molar-refractivity contribution in [2.45, 2.75) is 31.8 Å².